The van der Waals surface area contributed by atoms with Crippen molar-refractivity contribution < 1.29 is 9.90 Å². The van der Waals surface area contributed by atoms with Gasteiger partial charge in [0.25, 0.3) is 0 Å². The van der Waals surface area contributed by atoms with E-state index in [1.54, 1.807) is 0 Å². The van der Waals surface area contributed by atoms with Gasteiger partial charge >= 0.3 is 5.97 Å². The maximum absolute atomic E-state index is 11.9. The maximum atomic E-state index is 11.9. The third-order valence-electron chi connectivity index (χ3n) is 7.68. The van der Waals surface area contributed by atoms with Gasteiger partial charge < -0.3 is 5.11 Å². The largest absolute Gasteiger partial charge is 0.481 e. The second kappa shape index (κ2) is 24.6. The summed E-state index contributed by atoms with van der Waals surface area (Å²) in [6.07, 6.45) is 33.8. The van der Waals surface area contributed by atoms with E-state index in [0.717, 1.165) is 25.7 Å². The van der Waals surface area contributed by atoms with Crippen molar-refractivity contribution in [3.05, 3.63) is 0 Å². The summed E-state index contributed by atoms with van der Waals surface area (Å²) in [4.78, 5) is 11.9. The summed E-state index contributed by atoms with van der Waals surface area (Å²) in [6.45, 7) is 6.54. The number of unbranched alkanes of at least 4 members (excludes halogenated alkanes) is 22. The summed E-state index contributed by atoms with van der Waals surface area (Å²) in [7, 11) is 0. The van der Waals surface area contributed by atoms with Crippen LogP contribution in [-0.2, 0) is 4.79 Å². The quantitative estimate of drug-likeness (QED) is 0.122. The van der Waals surface area contributed by atoms with Crippen molar-refractivity contribution in [2.75, 3.05) is 0 Å². The Balaban J connectivity index is 3.59. The number of carbonyl (C=O) groups is 1. The molecule has 0 radical (unpaired) electrons. The summed E-state index contributed by atoms with van der Waals surface area (Å²) >= 11 is 0. The van der Waals surface area contributed by atoms with Gasteiger partial charge in [0.05, 0.1) is 5.41 Å². The fraction of sp³-hybridized carbons (Fsp3) is 0.968. The number of aliphatic carboxylic acids is 1. The lowest BCUT2D eigenvalue weighted by Gasteiger charge is -2.24. The molecule has 0 heterocycles. The molecule has 0 aliphatic heterocycles. The highest BCUT2D eigenvalue weighted by molar-refractivity contribution is 5.74. The SMILES string of the molecule is CCCCCCCCCCCCCCC(C)(CCCCCCCCCCCCCC)C(=O)O. The summed E-state index contributed by atoms with van der Waals surface area (Å²) in [6, 6.07) is 0. The van der Waals surface area contributed by atoms with Gasteiger partial charge in [0.2, 0.25) is 0 Å². The molecule has 0 amide bonds. The Hall–Kier alpha value is -0.530. The Morgan fingerprint density at radius 1 is 0.455 bits per heavy atom. The first-order valence-electron chi connectivity index (χ1n) is 15.3. The molecule has 1 N–H and O–H groups in total. The van der Waals surface area contributed by atoms with Crippen molar-refractivity contribution in [1.29, 1.82) is 0 Å². The molecule has 0 fully saturated rings. The average Bonchev–Trinajstić information content (AvgIpc) is 2.80. The smallest absolute Gasteiger partial charge is 0.309 e. The predicted molar refractivity (Wildman–Crippen MR) is 147 cm³/mol. The predicted octanol–water partition coefficient (Wildman–Crippen LogP) is 11.3. The number of rotatable bonds is 27. The van der Waals surface area contributed by atoms with E-state index in [0.29, 0.717) is 0 Å². The Bertz CT molecular complexity index is 376. The molecule has 0 aromatic rings. The van der Waals surface area contributed by atoms with E-state index < -0.39 is 11.4 Å². The Morgan fingerprint density at radius 2 is 0.667 bits per heavy atom. The van der Waals surface area contributed by atoms with E-state index in [1.807, 2.05) is 6.92 Å². The van der Waals surface area contributed by atoms with E-state index in [-0.39, 0.29) is 0 Å². The van der Waals surface area contributed by atoms with Crippen molar-refractivity contribution in [1.82, 2.24) is 0 Å². The molecular formula is C31H62O2. The lowest BCUT2D eigenvalue weighted by atomic mass is 9.80. The Morgan fingerprint density at radius 3 is 0.879 bits per heavy atom. The molecule has 0 rings (SSSR count). The standard InChI is InChI=1S/C31H62O2/c1-4-6-8-10-12-14-16-18-20-22-24-26-28-31(3,30(32)33)29-27-25-23-21-19-17-15-13-11-9-7-5-2/h4-29H2,1-3H3,(H,32,33). The van der Waals surface area contributed by atoms with Crippen molar-refractivity contribution >= 4 is 5.97 Å². The molecule has 0 aliphatic rings. The number of hydrogen-bond donors (Lipinski definition) is 1. The van der Waals surface area contributed by atoms with Gasteiger partial charge in [-0.3, -0.25) is 4.79 Å². The molecule has 0 saturated heterocycles. The summed E-state index contributed by atoms with van der Waals surface area (Å²) in [5.41, 5.74) is -0.503. The highest BCUT2D eigenvalue weighted by Crippen LogP contribution is 2.32. The molecule has 0 saturated carbocycles. The normalized spacial score (nSPS) is 11.8. The minimum absolute atomic E-state index is 0.503. The minimum Gasteiger partial charge on any atom is -0.481 e. The second-order valence-electron chi connectivity index (χ2n) is 11.1. The van der Waals surface area contributed by atoms with Gasteiger partial charge in [-0.05, 0) is 19.8 Å². The third-order valence-corrected chi connectivity index (χ3v) is 7.68. The van der Waals surface area contributed by atoms with Crippen LogP contribution in [0.4, 0.5) is 0 Å². The third kappa shape index (κ3) is 21.7. The van der Waals surface area contributed by atoms with Gasteiger partial charge in [0.1, 0.15) is 0 Å². The molecule has 0 unspecified atom stereocenters. The van der Waals surface area contributed by atoms with Crippen LogP contribution >= 0.6 is 0 Å². The molecule has 2 nitrogen and oxygen atoms in total. The van der Waals surface area contributed by atoms with Crippen molar-refractivity contribution in [3.63, 3.8) is 0 Å². The zero-order valence-electron chi connectivity index (χ0n) is 23.2. The lowest BCUT2D eigenvalue weighted by molar-refractivity contribution is -0.149. The summed E-state index contributed by atoms with van der Waals surface area (Å²) in [5.74, 6) is -0.575. The average molecular weight is 467 g/mol. The number of hydrogen-bond acceptors (Lipinski definition) is 1. The highest BCUT2D eigenvalue weighted by atomic mass is 16.4. The van der Waals surface area contributed by atoms with E-state index >= 15 is 0 Å². The van der Waals surface area contributed by atoms with E-state index in [1.165, 1.54) is 141 Å². The molecule has 198 valence electrons. The van der Waals surface area contributed by atoms with Crippen molar-refractivity contribution in [3.8, 4) is 0 Å². The van der Waals surface area contributed by atoms with Crippen LogP contribution < -0.4 is 0 Å². The van der Waals surface area contributed by atoms with Gasteiger partial charge in [0.15, 0.2) is 0 Å². The summed E-state index contributed by atoms with van der Waals surface area (Å²) in [5, 5.41) is 9.79. The van der Waals surface area contributed by atoms with Gasteiger partial charge in [-0.15, -0.1) is 0 Å². The number of carboxylic acids is 1. The molecule has 0 aromatic carbocycles. The van der Waals surface area contributed by atoms with Gasteiger partial charge in [0, 0.05) is 0 Å². The Kier molecular flexibility index (Phi) is 24.2. The van der Waals surface area contributed by atoms with Crippen LogP contribution in [-0.4, -0.2) is 11.1 Å². The van der Waals surface area contributed by atoms with Crippen molar-refractivity contribution in [2.45, 2.75) is 188 Å². The van der Waals surface area contributed by atoms with Crippen LogP contribution in [0, 0.1) is 5.41 Å². The van der Waals surface area contributed by atoms with E-state index in [2.05, 4.69) is 13.8 Å². The van der Waals surface area contributed by atoms with Crippen LogP contribution in [0.15, 0.2) is 0 Å². The van der Waals surface area contributed by atoms with Crippen LogP contribution in [0.25, 0.3) is 0 Å². The van der Waals surface area contributed by atoms with Gasteiger partial charge in [-0.25, -0.2) is 0 Å². The molecule has 33 heavy (non-hydrogen) atoms. The molecule has 2 heteroatoms. The summed E-state index contributed by atoms with van der Waals surface area (Å²) < 4.78 is 0. The number of carboxylic acid groups (broad SMARTS) is 1. The molecular weight excluding hydrogens is 404 g/mol. The molecule has 0 spiro atoms. The molecule has 0 aromatic heterocycles. The Labute approximate surface area is 209 Å². The van der Waals surface area contributed by atoms with Gasteiger partial charge in [-0.2, -0.15) is 0 Å². The van der Waals surface area contributed by atoms with Crippen LogP contribution in [0.2, 0.25) is 0 Å². The first-order chi connectivity index (χ1) is 16.1. The monoisotopic (exact) mass is 466 g/mol. The van der Waals surface area contributed by atoms with Crippen LogP contribution in [0.1, 0.15) is 188 Å². The second-order valence-corrected chi connectivity index (χ2v) is 11.1. The van der Waals surface area contributed by atoms with E-state index in [4.69, 9.17) is 0 Å². The van der Waals surface area contributed by atoms with Crippen LogP contribution in [0.5, 0.6) is 0 Å². The fourth-order valence-corrected chi connectivity index (χ4v) is 5.05. The first-order valence-corrected chi connectivity index (χ1v) is 15.3. The van der Waals surface area contributed by atoms with Crippen molar-refractivity contribution in [2.24, 2.45) is 5.41 Å². The zero-order chi connectivity index (χ0) is 24.5. The topological polar surface area (TPSA) is 37.3 Å². The first kappa shape index (κ1) is 32.5. The lowest BCUT2D eigenvalue weighted by Crippen LogP contribution is -2.27. The molecule has 0 aliphatic carbocycles. The van der Waals surface area contributed by atoms with E-state index in [9.17, 15) is 9.90 Å². The maximum Gasteiger partial charge on any atom is 0.309 e. The highest BCUT2D eigenvalue weighted by Gasteiger charge is 2.31. The minimum atomic E-state index is -0.575. The fourth-order valence-electron chi connectivity index (χ4n) is 5.05. The van der Waals surface area contributed by atoms with Gasteiger partial charge in [-0.1, -0.05) is 168 Å². The van der Waals surface area contributed by atoms with Crippen LogP contribution in [0.3, 0.4) is 0 Å². The molecule has 0 atom stereocenters. The molecule has 0 bridgehead atoms. The zero-order valence-corrected chi connectivity index (χ0v) is 23.2.